The summed E-state index contributed by atoms with van der Waals surface area (Å²) in [4.78, 5) is 43.0. The van der Waals surface area contributed by atoms with Gasteiger partial charge < -0.3 is 40.3 Å². The third-order valence-corrected chi connectivity index (χ3v) is 8.02. The summed E-state index contributed by atoms with van der Waals surface area (Å²) in [5, 5.41) is 18.7. The van der Waals surface area contributed by atoms with Gasteiger partial charge in [0.15, 0.2) is 5.75 Å². The number of anilines is 2. The number of carbonyl (C=O) groups is 3. The van der Waals surface area contributed by atoms with Crippen LogP contribution in [0.3, 0.4) is 0 Å². The lowest BCUT2D eigenvalue weighted by molar-refractivity contribution is 0.0368. The van der Waals surface area contributed by atoms with E-state index >= 15 is 0 Å². The topological polar surface area (TPSA) is 132 Å². The fourth-order valence-corrected chi connectivity index (χ4v) is 5.40. The number of hydrogen-bond donors (Lipinski definition) is 4. The molecular formula is C31H43N5O6. The van der Waals surface area contributed by atoms with E-state index in [9.17, 15) is 19.5 Å². The molecule has 2 aliphatic rings. The molecule has 2 aromatic carbocycles. The van der Waals surface area contributed by atoms with E-state index in [0.29, 0.717) is 23.7 Å². The van der Waals surface area contributed by atoms with Crippen molar-refractivity contribution in [1.29, 1.82) is 0 Å². The molecule has 0 spiro atoms. The van der Waals surface area contributed by atoms with E-state index in [2.05, 4.69) is 16.0 Å². The van der Waals surface area contributed by atoms with Gasteiger partial charge in [-0.3, -0.25) is 4.79 Å². The van der Waals surface area contributed by atoms with Crippen LogP contribution in [0.1, 0.15) is 56.3 Å². The molecule has 0 radical (unpaired) electrons. The summed E-state index contributed by atoms with van der Waals surface area (Å²) >= 11 is 0. The second-order valence-corrected chi connectivity index (χ2v) is 11.3. The molecule has 4 N–H and O–H groups in total. The second kappa shape index (κ2) is 14.3. The summed E-state index contributed by atoms with van der Waals surface area (Å²) in [6.07, 6.45) is 4.89. The molecule has 1 aliphatic carbocycles. The van der Waals surface area contributed by atoms with E-state index in [4.69, 9.17) is 9.47 Å². The molecule has 0 unspecified atom stereocenters. The molecule has 11 heteroatoms. The van der Waals surface area contributed by atoms with E-state index in [1.165, 1.54) is 6.42 Å². The molecule has 1 saturated carbocycles. The van der Waals surface area contributed by atoms with Crippen molar-refractivity contribution >= 4 is 29.3 Å². The lowest BCUT2D eigenvalue weighted by atomic mass is 9.96. The first-order chi connectivity index (χ1) is 20.2. The number of urea groups is 2. The molecule has 3 atom stereocenters. The van der Waals surface area contributed by atoms with Crippen LogP contribution < -0.4 is 25.4 Å². The van der Waals surface area contributed by atoms with E-state index in [1.807, 2.05) is 6.92 Å². The van der Waals surface area contributed by atoms with Crippen molar-refractivity contribution in [3.8, 4) is 11.5 Å². The minimum Gasteiger partial charge on any atom is -0.497 e. The number of rotatable bonds is 8. The largest absolute Gasteiger partial charge is 0.497 e. The maximum atomic E-state index is 13.7. The number of ether oxygens (including phenoxy) is 2. The highest BCUT2D eigenvalue weighted by Gasteiger charge is 2.35. The molecule has 1 fully saturated rings. The minimum absolute atomic E-state index is 0.165. The predicted octanol–water partition coefficient (Wildman–Crippen LogP) is 4.53. The molecule has 2 aromatic rings. The Hall–Kier alpha value is -3.99. The quantitative estimate of drug-likeness (QED) is 0.362. The van der Waals surface area contributed by atoms with Gasteiger partial charge in [-0.15, -0.1) is 0 Å². The van der Waals surface area contributed by atoms with Crippen molar-refractivity contribution in [3.63, 3.8) is 0 Å². The summed E-state index contributed by atoms with van der Waals surface area (Å²) in [5.74, 6) is 0.387. The van der Waals surface area contributed by atoms with Crippen molar-refractivity contribution < 1.29 is 29.0 Å². The van der Waals surface area contributed by atoms with Gasteiger partial charge in [0.1, 0.15) is 11.9 Å². The second-order valence-electron chi connectivity index (χ2n) is 11.3. The lowest BCUT2D eigenvalue weighted by Crippen LogP contribution is -2.52. The zero-order valence-electron chi connectivity index (χ0n) is 24.9. The number of para-hydroxylation sites is 1. The van der Waals surface area contributed by atoms with Crippen molar-refractivity contribution in [3.05, 3.63) is 48.0 Å². The van der Waals surface area contributed by atoms with Crippen LogP contribution in [0.15, 0.2) is 42.5 Å². The molecule has 1 heterocycles. The van der Waals surface area contributed by atoms with E-state index in [-0.39, 0.29) is 48.4 Å². The number of nitrogens with one attached hydrogen (secondary N) is 3. The van der Waals surface area contributed by atoms with Crippen LogP contribution in [-0.4, -0.2) is 84.9 Å². The Kier molecular flexibility index (Phi) is 10.5. The molecule has 42 heavy (non-hydrogen) atoms. The normalized spacial score (nSPS) is 19.8. The van der Waals surface area contributed by atoms with Gasteiger partial charge in [0.05, 0.1) is 37.6 Å². The molecular weight excluding hydrogens is 538 g/mol. The Labute approximate surface area is 247 Å². The number of amides is 5. The molecule has 4 rings (SSSR count). The molecule has 228 valence electrons. The molecule has 1 aliphatic heterocycles. The highest BCUT2D eigenvalue weighted by atomic mass is 16.5. The van der Waals surface area contributed by atoms with E-state index < -0.39 is 18.2 Å². The third kappa shape index (κ3) is 7.64. The Morgan fingerprint density at radius 3 is 2.50 bits per heavy atom. The van der Waals surface area contributed by atoms with Crippen molar-refractivity contribution in [1.82, 2.24) is 15.1 Å². The van der Waals surface area contributed by atoms with Crippen LogP contribution in [0.2, 0.25) is 0 Å². The summed E-state index contributed by atoms with van der Waals surface area (Å²) in [6, 6.07) is 11.0. The van der Waals surface area contributed by atoms with Crippen LogP contribution in [0.5, 0.6) is 11.5 Å². The molecule has 0 bridgehead atoms. The van der Waals surface area contributed by atoms with Crippen molar-refractivity contribution in [2.24, 2.45) is 5.92 Å². The smallest absolute Gasteiger partial charge is 0.323 e. The average molecular weight is 582 g/mol. The number of aliphatic hydroxyl groups excluding tert-OH is 1. The van der Waals surface area contributed by atoms with Gasteiger partial charge >= 0.3 is 12.1 Å². The highest BCUT2D eigenvalue weighted by molar-refractivity contribution is 6.04. The van der Waals surface area contributed by atoms with Crippen LogP contribution in [0.25, 0.3) is 0 Å². The maximum absolute atomic E-state index is 13.7. The van der Waals surface area contributed by atoms with Crippen molar-refractivity contribution in [2.75, 3.05) is 44.5 Å². The van der Waals surface area contributed by atoms with Gasteiger partial charge in [0, 0.05) is 31.2 Å². The molecule has 0 aromatic heterocycles. The van der Waals surface area contributed by atoms with Gasteiger partial charge in [-0.25, -0.2) is 9.59 Å². The monoisotopic (exact) mass is 581 g/mol. The fourth-order valence-electron chi connectivity index (χ4n) is 5.40. The number of hydrogen-bond acceptors (Lipinski definition) is 6. The Bertz CT molecular complexity index is 1230. The Balaban J connectivity index is 1.58. The first-order valence-corrected chi connectivity index (χ1v) is 14.6. The van der Waals surface area contributed by atoms with E-state index in [1.54, 1.807) is 73.3 Å². The number of methoxy groups -OCH3 is 1. The van der Waals surface area contributed by atoms with Gasteiger partial charge in [-0.2, -0.15) is 0 Å². The van der Waals surface area contributed by atoms with Crippen LogP contribution in [0.4, 0.5) is 21.0 Å². The SMILES string of the molecule is COc1ccc(NC(=O)Nc2cccc3c2O[C@H](CN(C)C(=O)NC2CCCCC2)[C@@H](C)CN([C@@H](C)CO)C3=O)cc1. The van der Waals surface area contributed by atoms with E-state index in [0.717, 1.165) is 25.7 Å². The highest BCUT2D eigenvalue weighted by Crippen LogP contribution is 2.35. The lowest BCUT2D eigenvalue weighted by Gasteiger charge is -2.38. The number of aliphatic hydroxyl groups is 1. The van der Waals surface area contributed by atoms with Gasteiger partial charge in [-0.1, -0.05) is 32.3 Å². The fraction of sp³-hybridized carbons (Fsp3) is 0.516. The summed E-state index contributed by atoms with van der Waals surface area (Å²) in [6.45, 7) is 4.14. The molecule has 11 nitrogen and oxygen atoms in total. The van der Waals surface area contributed by atoms with Crippen LogP contribution in [-0.2, 0) is 0 Å². The Morgan fingerprint density at radius 1 is 1.12 bits per heavy atom. The van der Waals surface area contributed by atoms with Gasteiger partial charge in [-0.05, 0) is 56.2 Å². The summed E-state index contributed by atoms with van der Waals surface area (Å²) in [7, 11) is 3.30. The predicted molar refractivity (Wildman–Crippen MR) is 161 cm³/mol. The average Bonchev–Trinajstić information content (AvgIpc) is 2.99. The third-order valence-electron chi connectivity index (χ3n) is 8.02. The minimum atomic E-state index is -0.513. The molecule has 0 saturated heterocycles. The standard InChI is InChI=1S/C31H43N5O6/c1-20-17-36(21(2)19-37)29(38)25-11-8-12-26(34-30(39)32-23-13-15-24(41-4)16-14-23)28(25)42-27(20)18-35(3)31(40)33-22-9-6-5-7-10-22/h8,11-16,20-22,27,37H,5-7,9-10,17-19H2,1-4H3,(H,33,40)(H2,32,34,39)/t20-,21-,27+/m0/s1. The number of carbonyl (C=O) groups excluding carboxylic acids is 3. The first-order valence-electron chi connectivity index (χ1n) is 14.6. The Morgan fingerprint density at radius 2 is 1.83 bits per heavy atom. The number of benzene rings is 2. The van der Waals surface area contributed by atoms with Gasteiger partial charge in [0.25, 0.3) is 5.91 Å². The zero-order valence-corrected chi connectivity index (χ0v) is 24.9. The number of fused-ring (bicyclic) bond motifs is 1. The van der Waals surface area contributed by atoms with Crippen LogP contribution >= 0.6 is 0 Å². The van der Waals surface area contributed by atoms with Crippen LogP contribution in [0, 0.1) is 5.92 Å². The summed E-state index contributed by atoms with van der Waals surface area (Å²) < 4.78 is 11.7. The van der Waals surface area contributed by atoms with Crippen molar-refractivity contribution in [2.45, 2.75) is 64.1 Å². The van der Waals surface area contributed by atoms with Gasteiger partial charge in [0.2, 0.25) is 0 Å². The number of likely N-dealkylation sites (N-methyl/N-ethyl adjacent to an activating group) is 1. The first kappa shape index (κ1) is 31.0. The summed E-state index contributed by atoms with van der Waals surface area (Å²) in [5.41, 5.74) is 1.14. The maximum Gasteiger partial charge on any atom is 0.323 e. The molecule has 5 amide bonds. The number of nitrogens with zero attached hydrogens (tertiary/aromatic N) is 2. The zero-order chi connectivity index (χ0) is 30.2.